The molecule has 1 aliphatic heterocycles. The predicted octanol–water partition coefficient (Wildman–Crippen LogP) is 2.87. The van der Waals surface area contributed by atoms with Gasteiger partial charge in [-0.2, -0.15) is 5.26 Å². The lowest BCUT2D eigenvalue weighted by atomic mass is 10.2. The fraction of sp³-hybridized carbons (Fsp3) is 0.238. The van der Waals surface area contributed by atoms with Gasteiger partial charge in [-0.1, -0.05) is 6.07 Å². The molecule has 1 fully saturated rings. The van der Waals surface area contributed by atoms with Crippen LogP contribution < -0.4 is 10.2 Å². The van der Waals surface area contributed by atoms with Gasteiger partial charge in [0.05, 0.1) is 17.2 Å². The highest BCUT2D eigenvalue weighted by Crippen LogP contribution is 2.22. The number of carbonyl (C=O) groups excluding carboxylic acids is 3. The molecule has 2 aromatic carbocycles. The number of nitriles is 1. The van der Waals surface area contributed by atoms with E-state index in [-0.39, 0.29) is 5.91 Å². The van der Waals surface area contributed by atoms with Crippen molar-refractivity contribution >= 4 is 29.2 Å². The number of rotatable bonds is 5. The summed E-state index contributed by atoms with van der Waals surface area (Å²) in [6.45, 7) is 2.14. The van der Waals surface area contributed by atoms with Crippen LogP contribution in [0, 0.1) is 11.3 Å². The third-order valence-electron chi connectivity index (χ3n) is 4.40. The number of benzene rings is 2. The van der Waals surface area contributed by atoms with Crippen LogP contribution in [-0.2, 0) is 14.3 Å². The highest BCUT2D eigenvalue weighted by atomic mass is 16.5. The number of esters is 1. The van der Waals surface area contributed by atoms with Gasteiger partial charge in [0.2, 0.25) is 5.91 Å². The number of amides is 2. The first-order chi connectivity index (χ1) is 13.5. The fourth-order valence-corrected chi connectivity index (χ4v) is 2.89. The molecule has 28 heavy (non-hydrogen) atoms. The van der Waals surface area contributed by atoms with E-state index in [1.54, 1.807) is 47.4 Å². The first kappa shape index (κ1) is 19.1. The van der Waals surface area contributed by atoms with Crippen molar-refractivity contribution in [3.05, 3.63) is 59.7 Å². The Hall–Kier alpha value is -3.66. The summed E-state index contributed by atoms with van der Waals surface area (Å²) < 4.78 is 5.22. The molecule has 7 heteroatoms. The van der Waals surface area contributed by atoms with E-state index in [4.69, 9.17) is 10.00 Å². The third-order valence-corrected chi connectivity index (χ3v) is 4.40. The molecule has 0 spiro atoms. The van der Waals surface area contributed by atoms with Gasteiger partial charge in [0.25, 0.3) is 5.91 Å². The Morgan fingerprint density at radius 2 is 1.96 bits per heavy atom. The van der Waals surface area contributed by atoms with Crippen LogP contribution in [-0.4, -0.2) is 30.4 Å². The van der Waals surface area contributed by atoms with Gasteiger partial charge in [-0.3, -0.25) is 9.59 Å². The summed E-state index contributed by atoms with van der Waals surface area (Å²) in [5.41, 5.74) is 1.90. The molecule has 0 bridgehead atoms. The summed E-state index contributed by atoms with van der Waals surface area (Å²) in [4.78, 5) is 38.0. The van der Waals surface area contributed by atoms with E-state index in [1.165, 1.54) is 13.0 Å². The van der Waals surface area contributed by atoms with E-state index < -0.39 is 18.0 Å². The standard InChI is InChI=1S/C21H19N3O4/c1-14(20(26)23-17-5-2-4-15(12-17)13-22)28-21(27)16-7-9-18(10-8-16)24-11-3-6-19(24)25/h2,4-5,7-10,12,14H,3,6,11H2,1H3,(H,23,26)/t14-/m1/s1. The van der Waals surface area contributed by atoms with Gasteiger partial charge in [-0.05, 0) is 55.8 Å². The molecule has 1 saturated heterocycles. The first-order valence-corrected chi connectivity index (χ1v) is 8.90. The van der Waals surface area contributed by atoms with Gasteiger partial charge in [0, 0.05) is 24.3 Å². The number of ether oxygens (including phenoxy) is 1. The lowest BCUT2D eigenvalue weighted by molar-refractivity contribution is -0.123. The number of hydrogen-bond acceptors (Lipinski definition) is 5. The third kappa shape index (κ3) is 4.35. The molecule has 142 valence electrons. The van der Waals surface area contributed by atoms with Crippen LogP contribution in [0.25, 0.3) is 0 Å². The van der Waals surface area contributed by atoms with Crippen LogP contribution in [0.1, 0.15) is 35.7 Å². The molecular formula is C21H19N3O4. The SMILES string of the molecule is C[C@@H](OC(=O)c1ccc(N2CCCC2=O)cc1)C(=O)Nc1cccc(C#N)c1. The van der Waals surface area contributed by atoms with Crippen molar-refractivity contribution in [3.8, 4) is 6.07 Å². The zero-order valence-electron chi connectivity index (χ0n) is 15.3. The van der Waals surface area contributed by atoms with Gasteiger partial charge in [0.15, 0.2) is 6.10 Å². The Balaban J connectivity index is 1.59. The molecule has 0 aromatic heterocycles. The number of nitrogens with one attached hydrogen (secondary N) is 1. The van der Waals surface area contributed by atoms with Gasteiger partial charge in [-0.25, -0.2) is 4.79 Å². The second kappa shape index (κ2) is 8.35. The summed E-state index contributed by atoms with van der Waals surface area (Å²) in [6, 6.07) is 15.0. The van der Waals surface area contributed by atoms with Gasteiger partial charge in [-0.15, -0.1) is 0 Å². The van der Waals surface area contributed by atoms with Gasteiger partial charge in [0.1, 0.15) is 0 Å². The topological polar surface area (TPSA) is 99.5 Å². The summed E-state index contributed by atoms with van der Waals surface area (Å²) in [5, 5.41) is 11.5. The summed E-state index contributed by atoms with van der Waals surface area (Å²) in [5.74, 6) is -1.06. The average molecular weight is 377 g/mol. The maximum Gasteiger partial charge on any atom is 0.338 e. The highest BCUT2D eigenvalue weighted by Gasteiger charge is 2.23. The minimum Gasteiger partial charge on any atom is -0.449 e. The molecule has 2 amide bonds. The van der Waals surface area contributed by atoms with E-state index in [0.29, 0.717) is 29.8 Å². The van der Waals surface area contributed by atoms with E-state index in [1.807, 2.05) is 6.07 Å². The van der Waals surface area contributed by atoms with E-state index in [0.717, 1.165) is 12.1 Å². The lowest BCUT2D eigenvalue weighted by Gasteiger charge is -2.16. The Morgan fingerprint density at radius 1 is 1.21 bits per heavy atom. The Kier molecular flexibility index (Phi) is 5.70. The maximum atomic E-state index is 12.3. The first-order valence-electron chi connectivity index (χ1n) is 8.90. The summed E-state index contributed by atoms with van der Waals surface area (Å²) >= 11 is 0. The zero-order chi connectivity index (χ0) is 20.1. The number of anilines is 2. The highest BCUT2D eigenvalue weighted by molar-refractivity contribution is 5.98. The van der Waals surface area contributed by atoms with Crippen molar-refractivity contribution in [1.29, 1.82) is 5.26 Å². The van der Waals surface area contributed by atoms with Gasteiger partial charge < -0.3 is 15.0 Å². The number of nitrogens with zero attached hydrogens (tertiary/aromatic N) is 2. The molecule has 1 N–H and O–H groups in total. The Labute approximate surface area is 162 Å². The molecule has 7 nitrogen and oxygen atoms in total. The Morgan fingerprint density at radius 3 is 2.61 bits per heavy atom. The fourth-order valence-electron chi connectivity index (χ4n) is 2.89. The van der Waals surface area contributed by atoms with Crippen molar-refractivity contribution in [2.24, 2.45) is 0 Å². The maximum absolute atomic E-state index is 12.3. The quantitative estimate of drug-likeness (QED) is 0.808. The second-order valence-corrected chi connectivity index (χ2v) is 6.43. The minimum absolute atomic E-state index is 0.0705. The van der Waals surface area contributed by atoms with Crippen LogP contribution in [0.4, 0.5) is 11.4 Å². The van der Waals surface area contributed by atoms with E-state index in [9.17, 15) is 14.4 Å². The minimum atomic E-state index is -1.02. The monoisotopic (exact) mass is 377 g/mol. The average Bonchev–Trinajstić information content (AvgIpc) is 3.14. The molecule has 0 radical (unpaired) electrons. The van der Waals surface area contributed by atoms with Crippen molar-refractivity contribution in [2.75, 3.05) is 16.8 Å². The molecular weight excluding hydrogens is 358 g/mol. The van der Waals surface area contributed by atoms with E-state index in [2.05, 4.69) is 5.32 Å². The number of carbonyl (C=O) groups is 3. The lowest BCUT2D eigenvalue weighted by Crippen LogP contribution is -2.30. The molecule has 3 rings (SSSR count). The molecule has 0 aliphatic carbocycles. The normalized spacial score (nSPS) is 14.3. The van der Waals surface area contributed by atoms with Crippen molar-refractivity contribution < 1.29 is 19.1 Å². The van der Waals surface area contributed by atoms with Crippen LogP contribution in [0.15, 0.2) is 48.5 Å². The summed E-state index contributed by atoms with van der Waals surface area (Å²) in [6.07, 6.45) is 0.346. The molecule has 0 unspecified atom stereocenters. The number of hydrogen-bond donors (Lipinski definition) is 1. The second-order valence-electron chi connectivity index (χ2n) is 6.43. The Bertz CT molecular complexity index is 947. The smallest absolute Gasteiger partial charge is 0.338 e. The van der Waals surface area contributed by atoms with E-state index >= 15 is 0 Å². The van der Waals surface area contributed by atoms with Crippen molar-refractivity contribution in [2.45, 2.75) is 25.9 Å². The van der Waals surface area contributed by atoms with Crippen molar-refractivity contribution in [3.63, 3.8) is 0 Å². The largest absolute Gasteiger partial charge is 0.449 e. The van der Waals surface area contributed by atoms with Crippen molar-refractivity contribution in [1.82, 2.24) is 0 Å². The van der Waals surface area contributed by atoms with Gasteiger partial charge >= 0.3 is 5.97 Å². The van der Waals surface area contributed by atoms with Crippen LogP contribution in [0.2, 0.25) is 0 Å². The van der Waals surface area contributed by atoms with Crippen LogP contribution >= 0.6 is 0 Å². The molecule has 1 aliphatic rings. The predicted molar refractivity (Wildman–Crippen MR) is 103 cm³/mol. The summed E-state index contributed by atoms with van der Waals surface area (Å²) in [7, 11) is 0. The molecule has 1 atom stereocenters. The molecule has 0 saturated carbocycles. The zero-order valence-corrected chi connectivity index (χ0v) is 15.3. The van der Waals surface area contributed by atoms with Crippen LogP contribution in [0.5, 0.6) is 0 Å². The molecule has 2 aromatic rings. The molecule has 1 heterocycles. The van der Waals surface area contributed by atoms with Crippen LogP contribution in [0.3, 0.4) is 0 Å².